The molecule has 0 bridgehead atoms. The lowest BCUT2D eigenvalue weighted by Gasteiger charge is -2.29. The Morgan fingerprint density at radius 3 is 2.77 bits per heavy atom. The summed E-state index contributed by atoms with van der Waals surface area (Å²) in [5.74, 6) is -2.41. The highest BCUT2D eigenvalue weighted by atomic mass is 19.2. The molecule has 1 saturated heterocycles. The van der Waals surface area contributed by atoms with Gasteiger partial charge in [-0.15, -0.1) is 6.42 Å². The lowest BCUT2D eigenvalue weighted by Crippen LogP contribution is -2.43. The smallest absolute Gasteiger partial charge is 0.323 e. The first-order valence-electron chi connectivity index (χ1n) is 9.34. The monoisotopic (exact) mass is 434 g/mol. The fourth-order valence-electron chi connectivity index (χ4n) is 3.38. The lowest BCUT2D eigenvalue weighted by molar-refractivity contribution is -0.216. The van der Waals surface area contributed by atoms with E-state index in [0.29, 0.717) is 0 Å². The number of hydrogen-bond acceptors (Lipinski definition) is 9. The second-order valence-corrected chi connectivity index (χ2v) is 7.66. The standard InChI is InChI=1S/C19H23FN6O5/c1-4-19(26-6-10(15(23)28)12-14(22)24-8-25-16(12)26)11(27)5-18(20,31-19)7-30-17(29)13(21)9(2)3/h1,6,8-9,11,13,27H,5,7,21H2,2-3H3,(H2,23,28)(H2,22,24,25)/t11-,13+,18+,19-/m1/s1. The number of rotatable bonds is 6. The van der Waals surface area contributed by atoms with Gasteiger partial charge in [-0.05, 0) is 11.8 Å². The Hall–Kier alpha value is -3.27. The van der Waals surface area contributed by atoms with Crippen molar-refractivity contribution in [2.24, 2.45) is 17.4 Å². The average Bonchev–Trinajstić information content (AvgIpc) is 3.22. The number of ether oxygens (including phenoxy) is 2. The maximum Gasteiger partial charge on any atom is 0.323 e. The number of aliphatic hydroxyl groups excluding tert-OH is 1. The first-order valence-corrected chi connectivity index (χ1v) is 9.34. The third-order valence-electron chi connectivity index (χ3n) is 5.15. The van der Waals surface area contributed by atoms with E-state index in [4.69, 9.17) is 33.1 Å². The first kappa shape index (κ1) is 22.4. The van der Waals surface area contributed by atoms with Crippen LogP contribution in [0.25, 0.3) is 11.0 Å². The molecule has 2 aromatic heterocycles. The predicted octanol–water partition coefficient (Wildman–Crippen LogP) is -0.628. The number of hydrogen-bond donors (Lipinski definition) is 4. The number of esters is 1. The van der Waals surface area contributed by atoms with E-state index in [1.165, 1.54) is 0 Å². The highest BCUT2D eigenvalue weighted by Crippen LogP contribution is 2.44. The van der Waals surface area contributed by atoms with E-state index >= 15 is 4.39 Å². The number of aromatic nitrogens is 3. The molecule has 1 aliphatic heterocycles. The van der Waals surface area contributed by atoms with Crippen LogP contribution in [0.4, 0.5) is 10.2 Å². The number of fused-ring (bicyclic) bond motifs is 1. The van der Waals surface area contributed by atoms with Crippen molar-refractivity contribution in [1.82, 2.24) is 14.5 Å². The minimum Gasteiger partial charge on any atom is -0.458 e. The van der Waals surface area contributed by atoms with Crippen LogP contribution in [-0.2, 0) is 20.0 Å². The van der Waals surface area contributed by atoms with Crippen LogP contribution in [-0.4, -0.2) is 56.1 Å². The fourth-order valence-corrected chi connectivity index (χ4v) is 3.38. The summed E-state index contributed by atoms with van der Waals surface area (Å²) >= 11 is 0. The summed E-state index contributed by atoms with van der Waals surface area (Å²) in [5.41, 5.74) is 14.7. The number of nitrogen functional groups attached to an aromatic ring is 1. The predicted molar refractivity (Wildman–Crippen MR) is 107 cm³/mol. The van der Waals surface area contributed by atoms with Crippen LogP contribution in [0.15, 0.2) is 12.5 Å². The molecule has 1 aliphatic rings. The Bertz CT molecular complexity index is 1080. The number of carbonyl (C=O) groups is 2. The molecular weight excluding hydrogens is 411 g/mol. The van der Waals surface area contributed by atoms with Crippen molar-refractivity contribution >= 4 is 28.7 Å². The number of alkyl halides is 1. The Balaban J connectivity index is 2.00. The zero-order valence-electron chi connectivity index (χ0n) is 16.9. The zero-order chi connectivity index (χ0) is 23.1. The molecule has 0 spiro atoms. The molecule has 1 fully saturated rings. The third-order valence-corrected chi connectivity index (χ3v) is 5.15. The SMILES string of the molecule is C#C[C@@]1(n2cc(C(N)=O)c3c(N)ncnc32)O[C@](F)(COC(=O)[C@@H](N)C(C)C)C[C@H]1O. The second-order valence-electron chi connectivity index (χ2n) is 7.66. The molecule has 166 valence electrons. The van der Waals surface area contributed by atoms with Gasteiger partial charge in [0.05, 0.1) is 10.9 Å². The number of nitrogens with zero attached hydrogens (tertiary/aromatic N) is 3. The van der Waals surface area contributed by atoms with Gasteiger partial charge in [0.1, 0.15) is 29.9 Å². The summed E-state index contributed by atoms with van der Waals surface area (Å²) in [6, 6.07) is -0.960. The van der Waals surface area contributed by atoms with Gasteiger partial charge in [0, 0.05) is 12.6 Å². The second kappa shape index (κ2) is 7.77. The van der Waals surface area contributed by atoms with Crippen molar-refractivity contribution < 1.29 is 28.6 Å². The molecule has 3 rings (SSSR count). The summed E-state index contributed by atoms with van der Waals surface area (Å²) in [5, 5.41) is 10.8. The number of amides is 1. The highest BCUT2D eigenvalue weighted by Gasteiger charge is 2.58. The van der Waals surface area contributed by atoms with E-state index in [0.717, 1.165) is 17.1 Å². The van der Waals surface area contributed by atoms with Crippen LogP contribution in [0, 0.1) is 18.3 Å². The molecule has 11 nitrogen and oxygen atoms in total. The molecule has 7 N–H and O–H groups in total. The summed E-state index contributed by atoms with van der Waals surface area (Å²) in [6.07, 6.45) is 5.65. The molecule has 0 aliphatic carbocycles. The molecule has 2 aromatic rings. The Morgan fingerprint density at radius 2 is 2.19 bits per heavy atom. The van der Waals surface area contributed by atoms with E-state index in [9.17, 15) is 14.7 Å². The molecule has 12 heteroatoms. The van der Waals surface area contributed by atoms with E-state index in [1.54, 1.807) is 13.8 Å². The molecule has 0 saturated carbocycles. The molecule has 3 heterocycles. The molecule has 0 unspecified atom stereocenters. The molecule has 0 aromatic carbocycles. The summed E-state index contributed by atoms with van der Waals surface area (Å²) in [6.45, 7) is 2.56. The summed E-state index contributed by atoms with van der Waals surface area (Å²) in [7, 11) is 0. The lowest BCUT2D eigenvalue weighted by atomic mass is 10.0. The Labute approximate surface area is 176 Å². The number of anilines is 1. The van der Waals surface area contributed by atoms with Gasteiger partial charge in [0.15, 0.2) is 6.61 Å². The fraction of sp³-hybridized carbons (Fsp3) is 0.474. The van der Waals surface area contributed by atoms with Gasteiger partial charge in [0.25, 0.3) is 5.91 Å². The average molecular weight is 434 g/mol. The summed E-state index contributed by atoms with van der Waals surface area (Å²) < 4.78 is 26.9. The van der Waals surface area contributed by atoms with Crippen molar-refractivity contribution in [3.63, 3.8) is 0 Å². The van der Waals surface area contributed by atoms with Gasteiger partial charge in [-0.2, -0.15) is 0 Å². The van der Waals surface area contributed by atoms with E-state index in [2.05, 4.69) is 15.9 Å². The molecule has 4 atom stereocenters. The normalized spacial score (nSPS) is 26.7. The van der Waals surface area contributed by atoms with Gasteiger partial charge in [-0.25, -0.2) is 14.4 Å². The minimum absolute atomic E-state index is 0.00127. The first-order chi connectivity index (χ1) is 14.5. The maximum absolute atomic E-state index is 15.4. The van der Waals surface area contributed by atoms with Crippen molar-refractivity contribution in [3.05, 3.63) is 18.1 Å². The topological polar surface area (TPSA) is 182 Å². The number of terminal acetylenes is 1. The number of aliphatic hydroxyl groups is 1. The van der Waals surface area contributed by atoms with Crippen molar-refractivity contribution in [2.75, 3.05) is 12.3 Å². The number of primary amides is 1. The van der Waals surface area contributed by atoms with Crippen molar-refractivity contribution in [2.45, 2.75) is 44.0 Å². The van der Waals surface area contributed by atoms with Crippen LogP contribution in [0.2, 0.25) is 0 Å². The largest absolute Gasteiger partial charge is 0.458 e. The van der Waals surface area contributed by atoms with Crippen LogP contribution in [0.5, 0.6) is 0 Å². The van der Waals surface area contributed by atoms with Crippen molar-refractivity contribution in [1.29, 1.82) is 0 Å². The van der Waals surface area contributed by atoms with Crippen LogP contribution in [0.1, 0.15) is 30.6 Å². The summed E-state index contributed by atoms with van der Waals surface area (Å²) in [4.78, 5) is 31.7. The Kier molecular flexibility index (Phi) is 5.62. The van der Waals surface area contributed by atoms with E-state index < -0.39 is 48.6 Å². The zero-order valence-corrected chi connectivity index (χ0v) is 16.9. The van der Waals surface area contributed by atoms with Crippen LogP contribution < -0.4 is 17.2 Å². The van der Waals surface area contributed by atoms with Gasteiger partial charge < -0.3 is 31.8 Å². The van der Waals surface area contributed by atoms with Gasteiger partial charge in [-0.3, -0.25) is 14.2 Å². The molecule has 31 heavy (non-hydrogen) atoms. The van der Waals surface area contributed by atoms with E-state index in [1.807, 2.05) is 0 Å². The third kappa shape index (κ3) is 3.67. The minimum atomic E-state index is -2.64. The van der Waals surface area contributed by atoms with Gasteiger partial charge in [-0.1, -0.05) is 13.8 Å². The van der Waals surface area contributed by atoms with Gasteiger partial charge >= 0.3 is 5.97 Å². The van der Waals surface area contributed by atoms with Crippen molar-refractivity contribution in [3.8, 4) is 12.3 Å². The van der Waals surface area contributed by atoms with Crippen LogP contribution in [0.3, 0.4) is 0 Å². The van der Waals surface area contributed by atoms with Crippen LogP contribution >= 0.6 is 0 Å². The molecule has 0 radical (unpaired) electrons. The number of nitrogens with two attached hydrogens (primary N) is 3. The van der Waals surface area contributed by atoms with Gasteiger partial charge in [0.2, 0.25) is 11.6 Å². The highest BCUT2D eigenvalue weighted by molar-refractivity contribution is 6.08. The molecule has 1 amide bonds. The maximum atomic E-state index is 15.4. The number of carbonyl (C=O) groups excluding carboxylic acids is 2. The molecular formula is C19H23FN6O5. The van der Waals surface area contributed by atoms with E-state index in [-0.39, 0.29) is 28.3 Å². The number of halogens is 1. The quantitative estimate of drug-likeness (QED) is 0.340. The Morgan fingerprint density at radius 1 is 1.52 bits per heavy atom.